The predicted octanol–water partition coefficient (Wildman–Crippen LogP) is 9.11. The van der Waals surface area contributed by atoms with Gasteiger partial charge in [-0.05, 0) is 57.8 Å². The molecule has 0 fully saturated rings. The number of aliphatic hydroxyl groups is 2. The standard InChI is InChI=1S/C44H76NO12P/c1-3-5-7-8-9-10-11-12-13-14-15-16-20-23-27-33-43(49)57-40(36-55-58(52,53)56-37-41(45)44(50)51)35-54-42(48)34-28-32-39(47)31-26-22-19-17-18-21-25-30-38(46)29-24-6-4-2/h12-13,18-19,21-22,25-26,30-31,38-41,46-47H,3-11,14-17,20,23-24,27-29,32-37,45H2,1-2H3,(H,50,51)(H,52,53)/b13-12-,21-18-,22-19-,30-25+,31-26+/t38-,39-,40+,41-/m0/s1. The van der Waals surface area contributed by atoms with Crippen molar-refractivity contribution in [3.8, 4) is 0 Å². The van der Waals surface area contributed by atoms with E-state index in [-0.39, 0.29) is 12.8 Å². The molecule has 0 radical (unpaired) electrons. The summed E-state index contributed by atoms with van der Waals surface area (Å²) in [4.78, 5) is 45.9. The second-order valence-corrected chi connectivity index (χ2v) is 16.0. The predicted molar refractivity (Wildman–Crippen MR) is 229 cm³/mol. The van der Waals surface area contributed by atoms with Crippen LogP contribution in [-0.4, -0.2) is 82.3 Å². The van der Waals surface area contributed by atoms with E-state index in [4.69, 9.17) is 24.8 Å². The van der Waals surface area contributed by atoms with Crippen molar-refractivity contribution in [1.29, 1.82) is 0 Å². The zero-order chi connectivity index (χ0) is 43.1. The number of hydrogen-bond acceptors (Lipinski definition) is 11. The maximum atomic E-state index is 12.6. The highest BCUT2D eigenvalue weighted by Crippen LogP contribution is 2.43. The number of phosphoric ester groups is 1. The van der Waals surface area contributed by atoms with Crippen molar-refractivity contribution < 1.29 is 57.7 Å². The molecule has 0 spiro atoms. The number of aliphatic carboxylic acids is 1. The molecule has 0 amide bonds. The van der Waals surface area contributed by atoms with Gasteiger partial charge in [-0.2, -0.15) is 0 Å². The number of carboxylic acid groups (broad SMARTS) is 1. The molecule has 0 aromatic carbocycles. The molecular weight excluding hydrogens is 765 g/mol. The number of carbonyl (C=O) groups excluding carboxylic acids is 2. The summed E-state index contributed by atoms with van der Waals surface area (Å²) in [6, 6.07) is -1.56. The van der Waals surface area contributed by atoms with E-state index in [9.17, 15) is 34.1 Å². The molecule has 0 heterocycles. The highest BCUT2D eigenvalue weighted by Gasteiger charge is 2.28. The van der Waals surface area contributed by atoms with Crippen LogP contribution in [0.5, 0.6) is 0 Å². The average molecular weight is 842 g/mol. The number of carboxylic acids is 1. The molecule has 0 rings (SSSR count). The number of nitrogens with two attached hydrogens (primary N) is 1. The minimum absolute atomic E-state index is 0.0303. The van der Waals surface area contributed by atoms with E-state index >= 15 is 0 Å². The maximum absolute atomic E-state index is 12.6. The minimum atomic E-state index is -4.77. The third kappa shape index (κ3) is 37.4. The number of hydrogen-bond donors (Lipinski definition) is 5. The van der Waals surface area contributed by atoms with E-state index in [1.807, 2.05) is 30.4 Å². The van der Waals surface area contributed by atoms with Crippen LogP contribution in [0.15, 0.2) is 60.8 Å². The summed E-state index contributed by atoms with van der Waals surface area (Å²) in [6.07, 6.45) is 36.4. The number of ether oxygens (including phenoxy) is 2. The molecule has 334 valence electrons. The minimum Gasteiger partial charge on any atom is -0.480 e. The van der Waals surface area contributed by atoms with Crippen molar-refractivity contribution in [2.75, 3.05) is 19.8 Å². The smallest absolute Gasteiger partial charge is 0.472 e. The molecule has 0 aliphatic carbocycles. The lowest BCUT2D eigenvalue weighted by molar-refractivity contribution is -0.161. The van der Waals surface area contributed by atoms with Gasteiger partial charge < -0.3 is 35.4 Å². The molecule has 0 aliphatic heterocycles. The van der Waals surface area contributed by atoms with Gasteiger partial charge in [0.1, 0.15) is 12.6 Å². The van der Waals surface area contributed by atoms with Gasteiger partial charge in [-0.15, -0.1) is 0 Å². The molecule has 0 saturated heterocycles. The molecule has 0 bridgehead atoms. The van der Waals surface area contributed by atoms with Gasteiger partial charge in [-0.3, -0.25) is 23.4 Å². The lowest BCUT2D eigenvalue weighted by Crippen LogP contribution is -2.34. The summed E-state index contributed by atoms with van der Waals surface area (Å²) in [5.41, 5.74) is 5.31. The van der Waals surface area contributed by atoms with Crippen LogP contribution >= 0.6 is 7.82 Å². The Balaban J connectivity index is 4.63. The first-order valence-corrected chi connectivity index (χ1v) is 23.0. The zero-order valence-corrected chi connectivity index (χ0v) is 36.2. The van der Waals surface area contributed by atoms with Crippen LogP contribution in [-0.2, 0) is 37.5 Å². The Hall–Kier alpha value is -2.90. The molecule has 1 unspecified atom stereocenters. The number of rotatable bonds is 39. The molecule has 0 aliphatic rings. The van der Waals surface area contributed by atoms with Crippen LogP contribution in [0.1, 0.15) is 155 Å². The topological polar surface area (TPSA) is 212 Å². The monoisotopic (exact) mass is 842 g/mol. The fourth-order valence-corrected chi connectivity index (χ4v) is 6.23. The second-order valence-electron chi connectivity index (χ2n) is 14.5. The van der Waals surface area contributed by atoms with Gasteiger partial charge in [0.05, 0.1) is 25.4 Å². The molecule has 58 heavy (non-hydrogen) atoms. The van der Waals surface area contributed by atoms with Gasteiger partial charge in [0.2, 0.25) is 0 Å². The molecule has 0 aromatic heterocycles. The van der Waals surface area contributed by atoms with E-state index in [0.717, 1.165) is 64.2 Å². The largest absolute Gasteiger partial charge is 0.480 e. The van der Waals surface area contributed by atoms with E-state index < -0.39 is 69.9 Å². The summed E-state index contributed by atoms with van der Waals surface area (Å²) in [5, 5.41) is 29.0. The molecule has 5 atom stereocenters. The normalized spacial score (nSPS) is 15.4. The van der Waals surface area contributed by atoms with Crippen molar-refractivity contribution in [3.05, 3.63) is 60.8 Å². The lowest BCUT2D eigenvalue weighted by atomic mass is 10.1. The van der Waals surface area contributed by atoms with Gasteiger partial charge in [0, 0.05) is 12.8 Å². The van der Waals surface area contributed by atoms with E-state index in [1.165, 1.54) is 38.5 Å². The van der Waals surface area contributed by atoms with E-state index in [0.29, 0.717) is 25.7 Å². The fourth-order valence-electron chi connectivity index (χ4n) is 5.45. The highest BCUT2D eigenvalue weighted by molar-refractivity contribution is 7.47. The van der Waals surface area contributed by atoms with Crippen molar-refractivity contribution in [1.82, 2.24) is 0 Å². The number of esters is 2. The molecule has 14 heteroatoms. The van der Waals surface area contributed by atoms with Crippen LogP contribution < -0.4 is 5.73 Å². The third-order valence-corrected chi connectivity index (χ3v) is 9.90. The molecule has 13 nitrogen and oxygen atoms in total. The first-order chi connectivity index (χ1) is 27.9. The second kappa shape index (κ2) is 38.3. The van der Waals surface area contributed by atoms with Crippen molar-refractivity contribution in [3.63, 3.8) is 0 Å². The van der Waals surface area contributed by atoms with Crippen LogP contribution in [0.2, 0.25) is 0 Å². The molecular formula is C44H76NO12P. The Bertz CT molecular complexity index is 1250. The molecule has 0 saturated carbocycles. The zero-order valence-electron chi connectivity index (χ0n) is 35.3. The van der Waals surface area contributed by atoms with Crippen molar-refractivity contribution in [2.45, 2.75) is 179 Å². The molecule has 6 N–H and O–H groups in total. The van der Waals surface area contributed by atoms with E-state index in [2.05, 4.69) is 30.5 Å². The van der Waals surface area contributed by atoms with E-state index in [1.54, 1.807) is 18.2 Å². The number of phosphoric acid groups is 1. The summed E-state index contributed by atoms with van der Waals surface area (Å²) in [7, 11) is -4.77. The van der Waals surface area contributed by atoms with Crippen LogP contribution in [0.25, 0.3) is 0 Å². The van der Waals surface area contributed by atoms with Crippen LogP contribution in [0, 0.1) is 0 Å². The maximum Gasteiger partial charge on any atom is 0.472 e. The number of allylic oxidation sites excluding steroid dienone is 8. The average Bonchev–Trinajstić information content (AvgIpc) is 3.18. The summed E-state index contributed by atoms with van der Waals surface area (Å²) in [5.74, 6) is -2.65. The first-order valence-electron chi connectivity index (χ1n) is 21.5. The lowest BCUT2D eigenvalue weighted by Gasteiger charge is -2.20. The quantitative estimate of drug-likeness (QED) is 0.0129. The fraction of sp³-hybridized carbons (Fsp3) is 0.705. The number of aliphatic hydroxyl groups excluding tert-OH is 2. The van der Waals surface area contributed by atoms with Gasteiger partial charge in [-0.1, -0.05) is 145 Å². The number of unbranched alkanes of at least 4 members (excludes halogenated alkanes) is 13. The Morgan fingerprint density at radius 3 is 1.71 bits per heavy atom. The Labute approximate surface area is 348 Å². The summed E-state index contributed by atoms with van der Waals surface area (Å²) < 4.78 is 32.5. The molecule has 0 aromatic rings. The van der Waals surface area contributed by atoms with Gasteiger partial charge in [-0.25, -0.2) is 4.57 Å². The van der Waals surface area contributed by atoms with Crippen molar-refractivity contribution in [2.24, 2.45) is 5.73 Å². The van der Waals surface area contributed by atoms with Crippen LogP contribution in [0.3, 0.4) is 0 Å². The highest BCUT2D eigenvalue weighted by atomic mass is 31.2. The van der Waals surface area contributed by atoms with Gasteiger partial charge >= 0.3 is 25.7 Å². The Kier molecular flexibility index (Phi) is 36.4. The Morgan fingerprint density at radius 2 is 1.12 bits per heavy atom. The summed E-state index contributed by atoms with van der Waals surface area (Å²) >= 11 is 0. The third-order valence-electron chi connectivity index (χ3n) is 8.95. The summed E-state index contributed by atoms with van der Waals surface area (Å²) in [6.45, 7) is 2.44. The SMILES string of the molecule is CCCCCCCC/C=C\CCCCCCCC(=O)O[C@H](COC(=O)CCC[C@@H](O)/C=C/C=C\C/C=C\C=C\[C@@H](O)CCCCC)COP(=O)(O)OC[C@H](N)C(=O)O. The Morgan fingerprint density at radius 1 is 0.621 bits per heavy atom. The van der Waals surface area contributed by atoms with Crippen LogP contribution in [0.4, 0.5) is 0 Å². The van der Waals surface area contributed by atoms with Gasteiger partial charge in [0.25, 0.3) is 0 Å². The first kappa shape index (κ1) is 55.1. The van der Waals surface area contributed by atoms with Crippen molar-refractivity contribution >= 4 is 25.7 Å². The number of carbonyl (C=O) groups is 3. The van der Waals surface area contributed by atoms with Gasteiger partial charge in [0.15, 0.2) is 6.10 Å².